The van der Waals surface area contributed by atoms with Crippen LogP contribution in [0.25, 0.3) is 0 Å². The summed E-state index contributed by atoms with van der Waals surface area (Å²) in [5, 5.41) is 18.3. The summed E-state index contributed by atoms with van der Waals surface area (Å²) in [6.45, 7) is 2.35. The molecule has 15 heavy (non-hydrogen) atoms. The molecule has 84 valence electrons. The van der Waals surface area contributed by atoms with E-state index in [9.17, 15) is 5.11 Å². The van der Waals surface area contributed by atoms with Crippen LogP contribution in [0, 0.1) is 5.92 Å². The SMILES string of the molecule is CC(CO)CC(O)OCc1ccccc1. The van der Waals surface area contributed by atoms with Crippen molar-refractivity contribution in [3.8, 4) is 0 Å². The normalized spacial score (nSPS) is 14.9. The molecule has 0 aliphatic carbocycles. The highest BCUT2D eigenvalue weighted by Crippen LogP contribution is 2.09. The van der Waals surface area contributed by atoms with E-state index in [1.165, 1.54) is 0 Å². The highest BCUT2D eigenvalue weighted by molar-refractivity contribution is 5.13. The molecule has 0 saturated heterocycles. The number of aliphatic hydroxyl groups excluding tert-OH is 2. The predicted molar refractivity (Wildman–Crippen MR) is 58.1 cm³/mol. The molecule has 0 amide bonds. The molecule has 0 aliphatic rings. The topological polar surface area (TPSA) is 49.7 Å². The van der Waals surface area contributed by atoms with Gasteiger partial charge in [0.2, 0.25) is 0 Å². The zero-order valence-electron chi connectivity index (χ0n) is 8.97. The Morgan fingerprint density at radius 1 is 1.27 bits per heavy atom. The zero-order valence-corrected chi connectivity index (χ0v) is 8.97. The van der Waals surface area contributed by atoms with Crippen LogP contribution in [-0.2, 0) is 11.3 Å². The van der Waals surface area contributed by atoms with E-state index < -0.39 is 6.29 Å². The summed E-state index contributed by atoms with van der Waals surface area (Å²) in [7, 11) is 0. The highest BCUT2D eigenvalue weighted by Gasteiger charge is 2.09. The number of hydrogen-bond donors (Lipinski definition) is 2. The second kappa shape index (κ2) is 6.56. The summed E-state index contributed by atoms with van der Waals surface area (Å²) < 4.78 is 5.24. The molecule has 0 heterocycles. The first-order valence-corrected chi connectivity index (χ1v) is 5.17. The molecule has 3 nitrogen and oxygen atoms in total. The van der Waals surface area contributed by atoms with Crippen molar-refractivity contribution in [2.24, 2.45) is 5.92 Å². The van der Waals surface area contributed by atoms with Crippen molar-refractivity contribution in [3.63, 3.8) is 0 Å². The maximum Gasteiger partial charge on any atom is 0.155 e. The van der Waals surface area contributed by atoms with Crippen LogP contribution in [0.1, 0.15) is 18.9 Å². The molecule has 2 unspecified atom stereocenters. The van der Waals surface area contributed by atoms with Crippen LogP contribution in [0.3, 0.4) is 0 Å². The molecule has 2 atom stereocenters. The van der Waals surface area contributed by atoms with E-state index in [1.807, 2.05) is 37.3 Å². The van der Waals surface area contributed by atoms with Crippen molar-refractivity contribution in [3.05, 3.63) is 35.9 Å². The summed E-state index contributed by atoms with van der Waals surface area (Å²) in [6.07, 6.45) is -0.337. The van der Waals surface area contributed by atoms with Crippen LogP contribution in [0.4, 0.5) is 0 Å². The molecule has 0 saturated carbocycles. The minimum atomic E-state index is -0.799. The maximum absolute atomic E-state index is 9.48. The van der Waals surface area contributed by atoms with Gasteiger partial charge in [-0.2, -0.15) is 0 Å². The van der Waals surface area contributed by atoms with Gasteiger partial charge in [0.1, 0.15) is 0 Å². The molecule has 3 heteroatoms. The molecule has 0 radical (unpaired) electrons. The Balaban J connectivity index is 2.25. The average molecular weight is 210 g/mol. The molecule has 0 aromatic heterocycles. The number of aliphatic hydroxyl groups is 2. The fourth-order valence-electron chi connectivity index (χ4n) is 1.25. The predicted octanol–water partition coefficient (Wildman–Crippen LogP) is 1.54. The van der Waals surface area contributed by atoms with Gasteiger partial charge in [0, 0.05) is 13.0 Å². The second-order valence-electron chi connectivity index (χ2n) is 3.77. The van der Waals surface area contributed by atoms with Crippen LogP contribution in [0.15, 0.2) is 30.3 Å². The first kappa shape index (κ1) is 12.2. The van der Waals surface area contributed by atoms with Crippen molar-refractivity contribution in [1.82, 2.24) is 0 Å². The lowest BCUT2D eigenvalue weighted by atomic mass is 10.1. The zero-order chi connectivity index (χ0) is 11.1. The fraction of sp³-hybridized carbons (Fsp3) is 0.500. The first-order chi connectivity index (χ1) is 7.22. The molecule has 0 aliphatic heterocycles. The van der Waals surface area contributed by atoms with Crippen molar-refractivity contribution >= 4 is 0 Å². The van der Waals surface area contributed by atoms with Gasteiger partial charge in [0.05, 0.1) is 6.61 Å². The second-order valence-corrected chi connectivity index (χ2v) is 3.77. The highest BCUT2D eigenvalue weighted by atomic mass is 16.6. The van der Waals surface area contributed by atoms with Gasteiger partial charge in [-0.3, -0.25) is 0 Å². The summed E-state index contributed by atoms with van der Waals surface area (Å²) in [5.74, 6) is 0.0655. The average Bonchev–Trinajstić information content (AvgIpc) is 2.27. The Morgan fingerprint density at radius 3 is 2.53 bits per heavy atom. The van der Waals surface area contributed by atoms with E-state index in [0.29, 0.717) is 13.0 Å². The van der Waals surface area contributed by atoms with Gasteiger partial charge in [-0.15, -0.1) is 0 Å². The van der Waals surface area contributed by atoms with Crippen LogP contribution in [-0.4, -0.2) is 23.1 Å². The molecule has 1 aromatic rings. The summed E-state index contributed by atoms with van der Waals surface area (Å²) in [4.78, 5) is 0. The standard InChI is InChI=1S/C12H18O3/c1-10(8-13)7-12(14)15-9-11-5-3-2-4-6-11/h2-6,10,12-14H,7-9H2,1H3. The lowest BCUT2D eigenvalue weighted by Crippen LogP contribution is -2.17. The summed E-state index contributed by atoms with van der Waals surface area (Å²) in [5.41, 5.74) is 1.04. The molecule has 0 spiro atoms. The smallest absolute Gasteiger partial charge is 0.155 e. The number of benzene rings is 1. The van der Waals surface area contributed by atoms with Gasteiger partial charge in [-0.05, 0) is 11.5 Å². The lowest BCUT2D eigenvalue weighted by molar-refractivity contribution is -0.120. The summed E-state index contributed by atoms with van der Waals surface area (Å²) in [6, 6.07) is 9.70. The van der Waals surface area contributed by atoms with Crippen molar-refractivity contribution in [1.29, 1.82) is 0 Å². The minimum absolute atomic E-state index is 0.0655. The molecular weight excluding hydrogens is 192 g/mol. The summed E-state index contributed by atoms with van der Waals surface area (Å²) >= 11 is 0. The fourth-order valence-corrected chi connectivity index (χ4v) is 1.25. The Morgan fingerprint density at radius 2 is 1.93 bits per heavy atom. The van der Waals surface area contributed by atoms with Gasteiger partial charge in [-0.25, -0.2) is 0 Å². The van der Waals surface area contributed by atoms with E-state index in [4.69, 9.17) is 9.84 Å². The van der Waals surface area contributed by atoms with Crippen molar-refractivity contribution in [2.75, 3.05) is 6.61 Å². The van der Waals surface area contributed by atoms with Crippen LogP contribution < -0.4 is 0 Å². The molecule has 1 aromatic carbocycles. The van der Waals surface area contributed by atoms with E-state index in [1.54, 1.807) is 0 Å². The number of rotatable bonds is 6. The quantitative estimate of drug-likeness (QED) is 0.700. The van der Waals surface area contributed by atoms with Gasteiger partial charge in [0.25, 0.3) is 0 Å². The molecule has 1 rings (SSSR count). The first-order valence-electron chi connectivity index (χ1n) is 5.17. The lowest BCUT2D eigenvalue weighted by Gasteiger charge is -2.15. The molecule has 2 N–H and O–H groups in total. The Labute approximate surface area is 90.3 Å². The van der Waals surface area contributed by atoms with Gasteiger partial charge in [0.15, 0.2) is 6.29 Å². The third-order valence-electron chi connectivity index (χ3n) is 2.20. The third-order valence-corrected chi connectivity index (χ3v) is 2.20. The Kier molecular flexibility index (Phi) is 5.32. The van der Waals surface area contributed by atoms with E-state index in [0.717, 1.165) is 5.56 Å². The number of ether oxygens (including phenoxy) is 1. The van der Waals surface area contributed by atoms with Gasteiger partial charge in [-0.1, -0.05) is 37.3 Å². The van der Waals surface area contributed by atoms with Crippen LogP contribution in [0.2, 0.25) is 0 Å². The monoisotopic (exact) mass is 210 g/mol. The Hall–Kier alpha value is -0.900. The van der Waals surface area contributed by atoms with Crippen molar-refractivity contribution in [2.45, 2.75) is 26.2 Å². The molecule has 0 bridgehead atoms. The molecule has 0 fully saturated rings. The van der Waals surface area contributed by atoms with Gasteiger partial charge >= 0.3 is 0 Å². The van der Waals surface area contributed by atoms with Crippen LogP contribution in [0.5, 0.6) is 0 Å². The Bertz CT molecular complexity index is 261. The van der Waals surface area contributed by atoms with Crippen molar-refractivity contribution < 1.29 is 14.9 Å². The molecular formula is C12H18O3. The van der Waals surface area contributed by atoms with E-state index >= 15 is 0 Å². The number of hydrogen-bond acceptors (Lipinski definition) is 3. The van der Waals surface area contributed by atoms with E-state index in [2.05, 4.69) is 0 Å². The minimum Gasteiger partial charge on any atom is -0.396 e. The van der Waals surface area contributed by atoms with Crippen LogP contribution >= 0.6 is 0 Å². The third kappa shape index (κ3) is 4.93. The maximum atomic E-state index is 9.48. The largest absolute Gasteiger partial charge is 0.396 e. The van der Waals surface area contributed by atoms with Gasteiger partial charge < -0.3 is 14.9 Å². The van der Waals surface area contributed by atoms with E-state index in [-0.39, 0.29) is 12.5 Å².